The molecule has 0 N–H and O–H groups in total. The monoisotopic (exact) mass is 221 g/mol. The lowest BCUT2D eigenvalue weighted by atomic mass is 10.3. The predicted molar refractivity (Wildman–Crippen MR) is 60.0 cm³/mol. The van der Waals surface area contributed by atoms with Crippen LogP contribution in [0, 0.1) is 0 Å². The molecule has 0 spiro atoms. The third-order valence-corrected chi connectivity index (χ3v) is 2.02. The van der Waals surface area contributed by atoms with Gasteiger partial charge in [-0.15, -0.1) is 0 Å². The molecule has 0 radical (unpaired) electrons. The summed E-state index contributed by atoms with van der Waals surface area (Å²) >= 11 is 0. The first kappa shape index (κ1) is 12.2. The molecule has 0 bridgehead atoms. The molecule has 1 aromatic rings. The van der Waals surface area contributed by atoms with Gasteiger partial charge in [-0.1, -0.05) is 25.1 Å². The van der Waals surface area contributed by atoms with Crippen LogP contribution in [0.25, 0.3) is 0 Å². The molecule has 0 aliphatic carbocycles. The summed E-state index contributed by atoms with van der Waals surface area (Å²) in [6.45, 7) is 2.23. The summed E-state index contributed by atoms with van der Waals surface area (Å²) in [4.78, 5) is 23.2. The van der Waals surface area contributed by atoms with E-state index in [2.05, 4.69) is 0 Å². The minimum Gasteiger partial charge on any atom is -0.484 e. The molecule has 0 aromatic heterocycles. The first-order chi connectivity index (χ1) is 7.77. The van der Waals surface area contributed by atoms with Crippen LogP contribution in [0.4, 0.5) is 0 Å². The summed E-state index contributed by atoms with van der Waals surface area (Å²) in [5.74, 6) is 0.305. The molecule has 16 heavy (non-hydrogen) atoms. The highest BCUT2D eigenvalue weighted by atomic mass is 16.5. The number of carbonyl (C=O) groups excluding carboxylic acids is 2. The number of rotatable bonds is 6. The van der Waals surface area contributed by atoms with Gasteiger partial charge in [-0.3, -0.25) is 14.5 Å². The fourth-order valence-electron chi connectivity index (χ4n) is 1.22. The largest absolute Gasteiger partial charge is 0.484 e. The molecule has 0 saturated carbocycles. The van der Waals surface area contributed by atoms with Crippen molar-refractivity contribution in [2.75, 3.05) is 13.2 Å². The number of hydrogen-bond donors (Lipinski definition) is 0. The molecule has 0 heterocycles. The van der Waals surface area contributed by atoms with Crippen LogP contribution in [-0.2, 0) is 9.59 Å². The summed E-state index contributed by atoms with van der Waals surface area (Å²) in [5, 5.41) is 0. The van der Waals surface area contributed by atoms with Crippen molar-refractivity contribution >= 4 is 12.3 Å². The van der Waals surface area contributed by atoms with Gasteiger partial charge in [0, 0.05) is 6.54 Å². The van der Waals surface area contributed by atoms with Crippen LogP contribution in [-0.4, -0.2) is 30.4 Å². The van der Waals surface area contributed by atoms with Gasteiger partial charge in [0.1, 0.15) is 5.75 Å². The van der Waals surface area contributed by atoms with Gasteiger partial charge in [0.25, 0.3) is 5.91 Å². The number of ether oxygens (including phenoxy) is 1. The van der Waals surface area contributed by atoms with E-state index in [9.17, 15) is 9.59 Å². The number of imide groups is 1. The van der Waals surface area contributed by atoms with Crippen molar-refractivity contribution in [1.82, 2.24) is 4.90 Å². The third-order valence-electron chi connectivity index (χ3n) is 2.02. The van der Waals surface area contributed by atoms with Gasteiger partial charge in [-0.2, -0.15) is 0 Å². The molecule has 86 valence electrons. The van der Waals surface area contributed by atoms with Crippen molar-refractivity contribution < 1.29 is 14.3 Å². The highest BCUT2D eigenvalue weighted by molar-refractivity contribution is 5.87. The molecular formula is C12H15NO3. The maximum atomic E-state index is 11.5. The Morgan fingerprint density at radius 3 is 2.62 bits per heavy atom. The van der Waals surface area contributed by atoms with Gasteiger partial charge in [0.15, 0.2) is 6.61 Å². The van der Waals surface area contributed by atoms with Crippen LogP contribution in [0.5, 0.6) is 5.75 Å². The minimum atomic E-state index is -0.319. The molecule has 0 atom stereocenters. The Balaban J connectivity index is 2.42. The van der Waals surface area contributed by atoms with Gasteiger partial charge in [0.2, 0.25) is 6.41 Å². The summed E-state index contributed by atoms with van der Waals surface area (Å²) in [7, 11) is 0. The molecule has 0 saturated heterocycles. The summed E-state index contributed by atoms with van der Waals surface area (Å²) in [6.07, 6.45) is 1.29. The lowest BCUT2D eigenvalue weighted by Gasteiger charge is -2.14. The van der Waals surface area contributed by atoms with E-state index in [-0.39, 0.29) is 12.5 Å². The molecule has 0 aliphatic rings. The van der Waals surface area contributed by atoms with Gasteiger partial charge in [0.05, 0.1) is 0 Å². The zero-order valence-corrected chi connectivity index (χ0v) is 9.26. The van der Waals surface area contributed by atoms with E-state index in [0.717, 1.165) is 11.3 Å². The Morgan fingerprint density at radius 1 is 1.38 bits per heavy atom. The Labute approximate surface area is 94.8 Å². The van der Waals surface area contributed by atoms with Crippen LogP contribution in [0.1, 0.15) is 13.3 Å². The van der Waals surface area contributed by atoms with Crippen molar-refractivity contribution in [2.45, 2.75) is 13.3 Å². The van der Waals surface area contributed by atoms with E-state index in [1.165, 1.54) is 0 Å². The Morgan fingerprint density at radius 2 is 2.06 bits per heavy atom. The second-order valence-corrected chi connectivity index (χ2v) is 3.29. The first-order valence-corrected chi connectivity index (χ1v) is 5.20. The smallest absolute Gasteiger partial charge is 0.266 e. The van der Waals surface area contributed by atoms with Crippen molar-refractivity contribution in [2.24, 2.45) is 0 Å². The average Bonchev–Trinajstić information content (AvgIpc) is 2.34. The van der Waals surface area contributed by atoms with E-state index in [1.54, 1.807) is 12.1 Å². The predicted octanol–water partition coefficient (Wildman–Crippen LogP) is 1.46. The molecule has 1 rings (SSSR count). The first-order valence-electron chi connectivity index (χ1n) is 5.20. The van der Waals surface area contributed by atoms with Crippen molar-refractivity contribution in [3.05, 3.63) is 30.3 Å². The van der Waals surface area contributed by atoms with Crippen LogP contribution >= 0.6 is 0 Å². The fraction of sp³-hybridized carbons (Fsp3) is 0.333. The fourth-order valence-corrected chi connectivity index (χ4v) is 1.22. The number of hydrogen-bond acceptors (Lipinski definition) is 3. The number of nitrogens with zero attached hydrogens (tertiary/aromatic N) is 1. The SMILES string of the molecule is CCCN(C=O)C(=O)COc1ccccc1. The van der Waals surface area contributed by atoms with E-state index >= 15 is 0 Å². The second-order valence-electron chi connectivity index (χ2n) is 3.29. The lowest BCUT2D eigenvalue weighted by molar-refractivity contribution is -0.139. The van der Waals surface area contributed by atoms with Gasteiger partial charge in [-0.25, -0.2) is 0 Å². The Kier molecular flexibility index (Phi) is 5.05. The maximum absolute atomic E-state index is 11.5. The van der Waals surface area contributed by atoms with Gasteiger partial charge in [-0.05, 0) is 18.6 Å². The Hall–Kier alpha value is -1.84. The van der Waals surface area contributed by atoms with Crippen molar-refractivity contribution in [3.63, 3.8) is 0 Å². The van der Waals surface area contributed by atoms with E-state index in [4.69, 9.17) is 4.74 Å². The molecule has 4 heteroatoms. The zero-order chi connectivity index (χ0) is 11.8. The molecule has 1 aromatic carbocycles. The van der Waals surface area contributed by atoms with Crippen molar-refractivity contribution in [1.29, 1.82) is 0 Å². The average molecular weight is 221 g/mol. The number of benzene rings is 1. The lowest BCUT2D eigenvalue weighted by Crippen LogP contribution is -2.34. The highest BCUT2D eigenvalue weighted by Gasteiger charge is 2.11. The van der Waals surface area contributed by atoms with Crippen LogP contribution in [0.15, 0.2) is 30.3 Å². The van der Waals surface area contributed by atoms with E-state index in [0.29, 0.717) is 18.7 Å². The third kappa shape index (κ3) is 3.73. The number of amides is 2. The number of para-hydroxylation sites is 1. The Bertz CT molecular complexity index is 337. The molecule has 0 unspecified atom stereocenters. The summed E-state index contributed by atoms with van der Waals surface area (Å²) in [5.41, 5.74) is 0. The molecular weight excluding hydrogens is 206 g/mol. The highest BCUT2D eigenvalue weighted by Crippen LogP contribution is 2.08. The maximum Gasteiger partial charge on any atom is 0.266 e. The molecule has 2 amide bonds. The van der Waals surface area contributed by atoms with Gasteiger partial charge < -0.3 is 4.74 Å². The van der Waals surface area contributed by atoms with Crippen LogP contribution in [0.3, 0.4) is 0 Å². The van der Waals surface area contributed by atoms with Crippen molar-refractivity contribution in [3.8, 4) is 5.75 Å². The standard InChI is InChI=1S/C12H15NO3/c1-2-8-13(10-14)12(15)9-16-11-6-4-3-5-7-11/h3-7,10H,2,8-9H2,1H3. The van der Waals surface area contributed by atoms with E-state index in [1.807, 2.05) is 25.1 Å². The number of carbonyl (C=O) groups is 2. The summed E-state index contributed by atoms with van der Waals surface area (Å²) in [6, 6.07) is 9.03. The van der Waals surface area contributed by atoms with Gasteiger partial charge >= 0.3 is 0 Å². The molecule has 0 fully saturated rings. The molecule has 0 aliphatic heterocycles. The molecule has 4 nitrogen and oxygen atoms in total. The van der Waals surface area contributed by atoms with Crippen LogP contribution < -0.4 is 4.74 Å². The normalized spacial score (nSPS) is 9.56. The summed E-state index contributed by atoms with van der Waals surface area (Å²) < 4.78 is 5.25. The zero-order valence-electron chi connectivity index (χ0n) is 9.26. The second kappa shape index (κ2) is 6.61. The quantitative estimate of drug-likeness (QED) is 0.683. The van der Waals surface area contributed by atoms with Crippen LogP contribution in [0.2, 0.25) is 0 Å². The minimum absolute atomic E-state index is 0.108. The topological polar surface area (TPSA) is 46.6 Å². The van der Waals surface area contributed by atoms with E-state index < -0.39 is 0 Å².